The van der Waals surface area contributed by atoms with Crippen LogP contribution >= 0.6 is 0 Å². The van der Waals surface area contributed by atoms with E-state index >= 15 is 0 Å². The molecule has 0 amide bonds. The van der Waals surface area contributed by atoms with Gasteiger partial charge in [0.15, 0.2) is 0 Å². The molecule has 14 heavy (non-hydrogen) atoms. The van der Waals surface area contributed by atoms with Crippen molar-refractivity contribution in [2.75, 3.05) is 0 Å². The fraction of sp³-hybridized carbons (Fsp3) is 0.364. The average molecular weight is 194 g/mol. The Morgan fingerprint density at radius 3 is 2.86 bits per heavy atom. The Morgan fingerprint density at radius 2 is 2.21 bits per heavy atom. The summed E-state index contributed by atoms with van der Waals surface area (Å²) in [7, 11) is 0. The Hall–Kier alpha value is -1.51. The van der Waals surface area contributed by atoms with Crippen molar-refractivity contribution in [3.8, 4) is 5.75 Å². The lowest BCUT2D eigenvalue weighted by molar-refractivity contribution is -0.144. The Morgan fingerprint density at radius 1 is 1.50 bits per heavy atom. The normalized spacial score (nSPS) is 9.86. The maximum absolute atomic E-state index is 10.9. The number of ether oxygens (including phenoxy) is 1. The van der Waals surface area contributed by atoms with Crippen molar-refractivity contribution in [3.63, 3.8) is 0 Å². The number of para-hydroxylation sites is 1. The maximum Gasteiger partial charge on any atom is 0.305 e. The van der Waals surface area contributed by atoms with Crippen LogP contribution in [0.15, 0.2) is 18.2 Å². The van der Waals surface area contributed by atoms with Crippen molar-refractivity contribution >= 4 is 5.97 Å². The van der Waals surface area contributed by atoms with Crippen molar-refractivity contribution in [3.05, 3.63) is 29.3 Å². The Labute approximate surface area is 83.3 Å². The lowest BCUT2D eigenvalue weighted by Crippen LogP contribution is -2.02. The highest BCUT2D eigenvalue weighted by molar-refractivity contribution is 5.68. The van der Waals surface area contributed by atoms with Crippen LogP contribution < -0.4 is 0 Å². The predicted octanol–water partition coefficient (Wildman–Crippen LogP) is 2.15. The van der Waals surface area contributed by atoms with Gasteiger partial charge in [-0.15, -0.1) is 0 Å². The summed E-state index contributed by atoms with van der Waals surface area (Å²) in [4.78, 5) is 10.9. The molecule has 0 fully saturated rings. The summed E-state index contributed by atoms with van der Waals surface area (Å²) in [6.45, 7) is 3.68. The molecule has 0 spiro atoms. The molecule has 0 heterocycles. The van der Waals surface area contributed by atoms with Gasteiger partial charge in [0.05, 0.1) is 0 Å². The van der Waals surface area contributed by atoms with Crippen LogP contribution in [0.1, 0.15) is 24.5 Å². The van der Waals surface area contributed by atoms with E-state index in [0.29, 0.717) is 12.0 Å². The first-order valence-corrected chi connectivity index (χ1v) is 4.58. The van der Waals surface area contributed by atoms with Gasteiger partial charge in [0.1, 0.15) is 12.4 Å². The molecule has 3 heteroatoms. The molecule has 3 nitrogen and oxygen atoms in total. The second-order valence-corrected chi connectivity index (χ2v) is 3.10. The first kappa shape index (κ1) is 10.6. The van der Waals surface area contributed by atoms with E-state index in [0.717, 1.165) is 5.56 Å². The van der Waals surface area contributed by atoms with Crippen LogP contribution in [0.2, 0.25) is 0 Å². The molecule has 1 N–H and O–H groups in total. The van der Waals surface area contributed by atoms with E-state index in [9.17, 15) is 9.90 Å². The largest absolute Gasteiger partial charge is 0.507 e. The molecule has 0 aliphatic heterocycles. The minimum Gasteiger partial charge on any atom is -0.507 e. The number of hydrogen-bond donors (Lipinski definition) is 1. The number of esters is 1. The first-order valence-electron chi connectivity index (χ1n) is 4.58. The second kappa shape index (κ2) is 4.65. The third-order valence-electron chi connectivity index (χ3n) is 2.00. The van der Waals surface area contributed by atoms with Crippen LogP contribution in [0.25, 0.3) is 0 Å². The van der Waals surface area contributed by atoms with E-state index in [1.54, 1.807) is 26.0 Å². The lowest BCUT2D eigenvalue weighted by Gasteiger charge is -2.07. The highest BCUT2D eigenvalue weighted by Gasteiger charge is 2.05. The van der Waals surface area contributed by atoms with Gasteiger partial charge in [0.2, 0.25) is 0 Å². The Bertz CT molecular complexity index is 331. The summed E-state index contributed by atoms with van der Waals surface area (Å²) in [5.74, 6) is -0.0534. The van der Waals surface area contributed by atoms with E-state index in [1.165, 1.54) is 0 Å². The van der Waals surface area contributed by atoms with E-state index in [4.69, 9.17) is 4.74 Å². The van der Waals surface area contributed by atoms with Crippen LogP contribution in [0, 0.1) is 6.92 Å². The van der Waals surface area contributed by atoms with E-state index < -0.39 is 0 Å². The van der Waals surface area contributed by atoms with Crippen LogP contribution in [-0.4, -0.2) is 11.1 Å². The molecule has 0 radical (unpaired) electrons. The topological polar surface area (TPSA) is 46.5 Å². The number of hydrogen-bond acceptors (Lipinski definition) is 3. The standard InChI is InChI=1S/C11H14O3/c1-3-10(12)14-7-9-6-4-5-8(2)11(9)13/h4-6,13H,3,7H2,1-2H3. The van der Waals surface area contributed by atoms with E-state index in [1.807, 2.05) is 6.07 Å². The molecule has 0 saturated carbocycles. The van der Waals surface area contributed by atoms with Crippen molar-refractivity contribution in [2.24, 2.45) is 0 Å². The Kier molecular flexibility index (Phi) is 3.51. The summed E-state index contributed by atoms with van der Waals surface area (Å²) in [5.41, 5.74) is 1.43. The van der Waals surface area contributed by atoms with E-state index in [2.05, 4.69) is 0 Å². The number of phenolic OH excluding ortho intramolecular Hbond substituents is 1. The minimum absolute atomic E-state index is 0.139. The number of benzene rings is 1. The minimum atomic E-state index is -0.258. The molecule has 76 valence electrons. The molecule has 0 unspecified atom stereocenters. The average Bonchev–Trinajstić information content (AvgIpc) is 2.20. The van der Waals surface area contributed by atoms with Gasteiger partial charge in [0.25, 0.3) is 0 Å². The summed E-state index contributed by atoms with van der Waals surface area (Å²) in [6, 6.07) is 5.37. The molecular formula is C11H14O3. The summed E-state index contributed by atoms with van der Waals surface area (Å²) in [5, 5.41) is 9.59. The van der Waals surface area contributed by atoms with Gasteiger partial charge >= 0.3 is 5.97 Å². The van der Waals surface area contributed by atoms with Crippen LogP contribution in [0.3, 0.4) is 0 Å². The smallest absolute Gasteiger partial charge is 0.305 e. The van der Waals surface area contributed by atoms with E-state index in [-0.39, 0.29) is 18.3 Å². The molecule has 0 bridgehead atoms. The molecule has 0 atom stereocenters. The number of carbonyl (C=O) groups excluding carboxylic acids is 1. The predicted molar refractivity (Wildman–Crippen MR) is 52.9 cm³/mol. The monoisotopic (exact) mass is 194 g/mol. The van der Waals surface area contributed by atoms with Gasteiger partial charge in [-0.1, -0.05) is 25.1 Å². The van der Waals surface area contributed by atoms with Gasteiger partial charge < -0.3 is 9.84 Å². The highest BCUT2D eigenvalue weighted by atomic mass is 16.5. The molecule has 0 aliphatic rings. The fourth-order valence-corrected chi connectivity index (χ4v) is 1.10. The summed E-state index contributed by atoms with van der Waals surface area (Å²) < 4.78 is 4.91. The number of carbonyl (C=O) groups is 1. The lowest BCUT2D eigenvalue weighted by atomic mass is 10.1. The molecule has 0 aliphatic carbocycles. The van der Waals surface area contributed by atoms with Crippen molar-refractivity contribution in [2.45, 2.75) is 26.9 Å². The maximum atomic E-state index is 10.9. The molecule has 1 aromatic rings. The number of aromatic hydroxyl groups is 1. The molecule has 0 aromatic heterocycles. The zero-order valence-electron chi connectivity index (χ0n) is 8.41. The quantitative estimate of drug-likeness (QED) is 0.750. The first-order chi connectivity index (χ1) is 6.65. The summed E-state index contributed by atoms with van der Waals surface area (Å²) >= 11 is 0. The van der Waals surface area contributed by atoms with Gasteiger partial charge in [-0.3, -0.25) is 4.79 Å². The number of rotatable bonds is 3. The van der Waals surface area contributed by atoms with Crippen LogP contribution in [-0.2, 0) is 16.1 Å². The third kappa shape index (κ3) is 2.49. The SMILES string of the molecule is CCC(=O)OCc1cccc(C)c1O. The number of phenols is 1. The highest BCUT2D eigenvalue weighted by Crippen LogP contribution is 2.21. The van der Waals surface area contributed by atoms with Gasteiger partial charge in [0, 0.05) is 12.0 Å². The van der Waals surface area contributed by atoms with Crippen LogP contribution in [0.5, 0.6) is 5.75 Å². The zero-order chi connectivity index (χ0) is 10.6. The molecule has 0 saturated heterocycles. The Balaban J connectivity index is 2.68. The molecule has 1 rings (SSSR count). The summed E-state index contributed by atoms with van der Waals surface area (Å²) in [6.07, 6.45) is 0.354. The van der Waals surface area contributed by atoms with Crippen molar-refractivity contribution in [1.82, 2.24) is 0 Å². The van der Waals surface area contributed by atoms with Gasteiger partial charge in [-0.05, 0) is 12.5 Å². The zero-order valence-corrected chi connectivity index (χ0v) is 8.41. The fourth-order valence-electron chi connectivity index (χ4n) is 1.10. The van der Waals surface area contributed by atoms with Gasteiger partial charge in [-0.2, -0.15) is 0 Å². The second-order valence-electron chi connectivity index (χ2n) is 3.10. The van der Waals surface area contributed by atoms with Crippen molar-refractivity contribution < 1.29 is 14.6 Å². The van der Waals surface area contributed by atoms with Crippen molar-refractivity contribution in [1.29, 1.82) is 0 Å². The third-order valence-corrected chi connectivity index (χ3v) is 2.00. The molecular weight excluding hydrogens is 180 g/mol. The number of aryl methyl sites for hydroxylation is 1. The van der Waals surface area contributed by atoms with Gasteiger partial charge in [-0.25, -0.2) is 0 Å². The van der Waals surface area contributed by atoms with Crippen LogP contribution in [0.4, 0.5) is 0 Å². The molecule has 1 aromatic carbocycles.